The van der Waals surface area contributed by atoms with E-state index in [9.17, 15) is 4.79 Å². The second-order valence-electron chi connectivity index (χ2n) is 4.85. The van der Waals surface area contributed by atoms with Crippen molar-refractivity contribution in [2.75, 3.05) is 0 Å². The van der Waals surface area contributed by atoms with Gasteiger partial charge in [0.05, 0.1) is 0 Å². The van der Waals surface area contributed by atoms with Crippen LogP contribution in [0.3, 0.4) is 0 Å². The number of carbonyl (C=O) groups excluding carboxylic acids is 1. The average molecular weight is 235 g/mol. The summed E-state index contributed by atoms with van der Waals surface area (Å²) in [6, 6.07) is 0. The number of hydrogen-bond acceptors (Lipinski definition) is 3. The first-order valence-electron chi connectivity index (χ1n) is 6.70. The molecule has 2 rings (SSSR count). The third-order valence-electron chi connectivity index (χ3n) is 3.54. The summed E-state index contributed by atoms with van der Waals surface area (Å²) in [7, 11) is 0. The van der Waals surface area contributed by atoms with Gasteiger partial charge >= 0.3 is 0 Å². The van der Waals surface area contributed by atoms with Crippen LogP contribution in [0.5, 0.6) is 0 Å². The summed E-state index contributed by atoms with van der Waals surface area (Å²) in [5.41, 5.74) is 0. The molecular formula is C13H21N3O. The monoisotopic (exact) mass is 235 g/mol. The molecule has 0 aliphatic heterocycles. The van der Waals surface area contributed by atoms with E-state index >= 15 is 0 Å². The molecule has 1 saturated carbocycles. The van der Waals surface area contributed by atoms with Crippen LogP contribution in [-0.2, 0) is 17.8 Å². The molecule has 17 heavy (non-hydrogen) atoms. The molecule has 0 saturated heterocycles. The maximum Gasteiger partial charge on any atom is 0.138 e. The van der Waals surface area contributed by atoms with Crippen molar-refractivity contribution in [3.63, 3.8) is 0 Å². The van der Waals surface area contributed by atoms with Crippen molar-refractivity contribution >= 4 is 5.78 Å². The van der Waals surface area contributed by atoms with Gasteiger partial charge in [0.1, 0.15) is 17.9 Å². The number of nitrogens with zero attached hydrogens (tertiary/aromatic N) is 3. The number of Topliss-reactive ketones (excluding diaryl/α,β-unsaturated/α-hetero) is 1. The first-order valence-corrected chi connectivity index (χ1v) is 6.70. The Labute approximate surface area is 102 Å². The van der Waals surface area contributed by atoms with Gasteiger partial charge in [-0.05, 0) is 19.3 Å². The highest BCUT2D eigenvalue weighted by Crippen LogP contribution is 2.26. The summed E-state index contributed by atoms with van der Waals surface area (Å²) in [4.78, 5) is 16.2. The van der Waals surface area contributed by atoms with Crippen molar-refractivity contribution in [1.29, 1.82) is 0 Å². The zero-order valence-corrected chi connectivity index (χ0v) is 10.6. The highest BCUT2D eigenvalue weighted by atomic mass is 16.1. The number of aryl methyl sites for hydroxylation is 2. The Morgan fingerprint density at radius 2 is 2.24 bits per heavy atom. The zero-order valence-electron chi connectivity index (χ0n) is 10.6. The van der Waals surface area contributed by atoms with Crippen LogP contribution >= 0.6 is 0 Å². The van der Waals surface area contributed by atoms with Gasteiger partial charge in [0.25, 0.3) is 0 Å². The Balaban J connectivity index is 1.84. The molecular weight excluding hydrogens is 214 g/mol. The van der Waals surface area contributed by atoms with E-state index in [1.54, 1.807) is 6.33 Å². The van der Waals surface area contributed by atoms with E-state index in [4.69, 9.17) is 0 Å². The minimum absolute atomic E-state index is 0.331. The van der Waals surface area contributed by atoms with Crippen molar-refractivity contribution in [3.8, 4) is 0 Å². The lowest BCUT2D eigenvalue weighted by molar-refractivity contribution is -0.122. The molecule has 94 valence electrons. The molecule has 1 fully saturated rings. The van der Waals surface area contributed by atoms with Crippen LogP contribution in [0, 0.1) is 5.92 Å². The summed E-state index contributed by atoms with van der Waals surface area (Å²) >= 11 is 0. The molecule has 0 N–H and O–H groups in total. The first-order chi connectivity index (χ1) is 8.31. The zero-order chi connectivity index (χ0) is 12.1. The van der Waals surface area contributed by atoms with Gasteiger partial charge < -0.3 is 0 Å². The van der Waals surface area contributed by atoms with Gasteiger partial charge in [0.15, 0.2) is 0 Å². The Morgan fingerprint density at radius 3 is 2.94 bits per heavy atom. The maximum absolute atomic E-state index is 12.0. The van der Waals surface area contributed by atoms with Crippen molar-refractivity contribution in [1.82, 2.24) is 14.8 Å². The summed E-state index contributed by atoms with van der Waals surface area (Å²) in [5.74, 6) is 1.71. The van der Waals surface area contributed by atoms with Crippen LogP contribution in [0.15, 0.2) is 6.33 Å². The van der Waals surface area contributed by atoms with Gasteiger partial charge in [-0.3, -0.25) is 9.48 Å². The van der Waals surface area contributed by atoms with E-state index in [0.29, 0.717) is 18.1 Å². The van der Waals surface area contributed by atoms with Crippen molar-refractivity contribution in [2.24, 2.45) is 5.92 Å². The molecule has 1 aromatic heterocycles. The van der Waals surface area contributed by atoms with Gasteiger partial charge in [-0.15, -0.1) is 0 Å². The topological polar surface area (TPSA) is 47.8 Å². The Morgan fingerprint density at radius 1 is 1.47 bits per heavy atom. The molecule has 1 heterocycles. The smallest absolute Gasteiger partial charge is 0.138 e. The Kier molecular flexibility index (Phi) is 4.29. The highest BCUT2D eigenvalue weighted by molar-refractivity contribution is 5.81. The van der Waals surface area contributed by atoms with E-state index in [-0.39, 0.29) is 0 Å². The van der Waals surface area contributed by atoms with Crippen LogP contribution < -0.4 is 0 Å². The number of hydrogen-bond donors (Lipinski definition) is 0. The molecule has 0 amide bonds. The predicted molar refractivity (Wildman–Crippen MR) is 65.6 cm³/mol. The minimum Gasteiger partial charge on any atom is -0.299 e. The summed E-state index contributed by atoms with van der Waals surface area (Å²) in [6.45, 7) is 3.02. The van der Waals surface area contributed by atoms with E-state index < -0.39 is 0 Å². The lowest BCUT2D eigenvalue weighted by atomic mass is 9.99. The largest absolute Gasteiger partial charge is 0.299 e. The molecule has 0 spiro atoms. The molecule has 1 aromatic rings. The molecule has 0 bridgehead atoms. The molecule has 0 radical (unpaired) electrons. The van der Waals surface area contributed by atoms with Gasteiger partial charge in [-0.1, -0.05) is 19.8 Å². The standard InChI is InChI=1S/C13H21N3O/c1-2-9-16-13(14-10-15-16)8-7-12(17)11-5-3-4-6-11/h10-11H,2-9H2,1H3. The number of aromatic nitrogens is 3. The average Bonchev–Trinajstić information content (AvgIpc) is 2.97. The number of carbonyl (C=O) groups is 1. The SMILES string of the molecule is CCCn1ncnc1CCC(=O)C1CCCC1. The van der Waals surface area contributed by atoms with Gasteiger partial charge in [0, 0.05) is 25.3 Å². The lowest BCUT2D eigenvalue weighted by Crippen LogP contribution is -2.13. The molecule has 0 atom stereocenters. The molecule has 4 nitrogen and oxygen atoms in total. The van der Waals surface area contributed by atoms with Gasteiger partial charge in [-0.2, -0.15) is 5.10 Å². The number of rotatable bonds is 6. The second kappa shape index (κ2) is 5.94. The summed E-state index contributed by atoms with van der Waals surface area (Å²) < 4.78 is 1.92. The van der Waals surface area contributed by atoms with Crippen LogP contribution in [-0.4, -0.2) is 20.5 Å². The van der Waals surface area contributed by atoms with Crippen LogP contribution in [0.2, 0.25) is 0 Å². The second-order valence-corrected chi connectivity index (χ2v) is 4.85. The van der Waals surface area contributed by atoms with Crippen LogP contribution in [0.25, 0.3) is 0 Å². The lowest BCUT2D eigenvalue weighted by Gasteiger charge is -2.08. The molecule has 1 aliphatic carbocycles. The van der Waals surface area contributed by atoms with Crippen molar-refractivity contribution in [2.45, 2.75) is 58.4 Å². The van der Waals surface area contributed by atoms with Gasteiger partial charge in [0.2, 0.25) is 0 Å². The van der Waals surface area contributed by atoms with Crippen LogP contribution in [0.1, 0.15) is 51.3 Å². The fraction of sp³-hybridized carbons (Fsp3) is 0.769. The van der Waals surface area contributed by atoms with E-state index in [0.717, 1.165) is 38.1 Å². The van der Waals surface area contributed by atoms with Crippen molar-refractivity contribution < 1.29 is 4.79 Å². The number of ketones is 1. The molecule has 0 unspecified atom stereocenters. The highest BCUT2D eigenvalue weighted by Gasteiger charge is 2.22. The van der Waals surface area contributed by atoms with Crippen molar-refractivity contribution in [3.05, 3.63) is 12.2 Å². The quantitative estimate of drug-likeness (QED) is 0.760. The van der Waals surface area contributed by atoms with Gasteiger partial charge in [-0.25, -0.2) is 4.98 Å². The summed E-state index contributed by atoms with van der Waals surface area (Å²) in [6.07, 6.45) is 8.66. The Bertz CT molecular complexity index is 366. The summed E-state index contributed by atoms with van der Waals surface area (Å²) in [5, 5.41) is 4.18. The first kappa shape index (κ1) is 12.3. The fourth-order valence-corrected chi connectivity index (χ4v) is 2.57. The third kappa shape index (κ3) is 3.14. The predicted octanol–water partition coefficient (Wildman–Crippen LogP) is 2.38. The van der Waals surface area contributed by atoms with E-state index in [1.807, 2.05) is 4.68 Å². The minimum atomic E-state index is 0.331. The molecule has 1 aliphatic rings. The maximum atomic E-state index is 12.0. The normalized spacial score (nSPS) is 16.5. The molecule has 0 aromatic carbocycles. The third-order valence-corrected chi connectivity index (χ3v) is 3.54. The Hall–Kier alpha value is -1.19. The van der Waals surface area contributed by atoms with E-state index in [1.165, 1.54) is 12.8 Å². The molecule has 4 heteroatoms. The van der Waals surface area contributed by atoms with E-state index in [2.05, 4.69) is 17.0 Å². The van der Waals surface area contributed by atoms with Crippen LogP contribution in [0.4, 0.5) is 0 Å². The fourth-order valence-electron chi connectivity index (χ4n) is 2.57.